The van der Waals surface area contributed by atoms with Crippen molar-refractivity contribution in [3.8, 4) is 0 Å². The largest absolute Gasteiger partial charge is 0.409 e. The summed E-state index contributed by atoms with van der Waals surface area (Å²) in [6.07, 6.45) is 0. The van der Waals surface area contributed by atoms with Crippen molar-refractivity contribution in [3.05, 3.63) is 35.4 Å². The highest BCUT2D eigenvalue weighted by Gasteiger charge is 2.10. The molecule has 0 aliphatic rings. The summed E-state index contributed by atoms with van der Waals surface area (Å²) in [7, 11) is -3.53. The molecule has 1 rings (SSSR count). The van der Waals surface area contributed by atoms with E-state index in [1.165, 1.54) is 0 Å². The molecule has 106 valence electrons. The molecule has 7 nitrogen and oxygen atoms in total. The van der Waals surface area contributed by atoms with Gasteiger partial charge in [-0.3, -0.25) is 0 Å². The molecule has 1 aromatic carbocycles. The van der Waals surface area contributed by atoms with E-state index in [1.807, 2.05) is 0 Å². The molecule has 8 heteroatoms. The molecule has 0 bridgehead atoms. The van der Waals surface area contributed by atoms with E-state index in [-0.39, 0.29) is 18.4 Å². The summed E-state index contributed by atoms with van der Waals surface area (Å²) >= 11 is 0. The number of benzene rings is 1. The number of rotatable bonds is 6. The third kappa shape index (κ3) is 5.25. The van der Waals surface area contributed by atoms with Crippen molar-refractivity contribution in [3.63, 3.8) is 0 Å². The summed E-state index contributed by atoms with van der Waals surface area (Å²) in [5, 5.41) is 11.5. The number of nitrogens with zero attached hydrogens (tertiary/aromatic N) is 1. The zero-order valence-electron chi connectivity index (χ0n) is 10.8. The van der Waals surface area contributed by atoms with Crippen LogP contribution in [0.3, 0.4) is 0 Å². The molecular formula is C11H18N4O3S. The quantitative estimate of drug-likeness (QED) is 0.257. The van der Waals surface area contributed by atoms with Crippen LogP contribution in [0.25, 0.3) is 0 Å². The lowest BCUT2D eigenvalue weighted by atomic mass is 10.1. The van der Waals surface area contributed by atoms with Gasteiger partial charge in [0.25, 0.3) is 10.2 Å². The van der Waals surface area contributed by atoms with Crippen LogP contribution in [0, 0.1) is 0 Å². The predicted molar refractivity (Wildman–Crippen MR) is 73.0 cm³/mol. The van der Waals surface area contributed by atoms with Crippen molar-refractivity contribution in [1.29, 1.82) is 0 Å². The second-order valence-corrected chi connectivity index (χ2v) is 5.81. The zero-order valence-corrected chi connectivity index (χ0v) is 11.6. The summed E-state index contributed by atoms with van der Waals surface area (Å²) in [6, 6.07) is 6.58. The van der Waals surface area contributed by atoms with Crippen LogP contribution >= 0.6 is 0 Å². The molecule has 0 fully saturated rings. The van der Waals surface area contributed by atoms with Gasteiger partial charge in [-0.1, -0.05) is 23.4 Å². The van der Waals surface area contributed by atoms with E-state index in [1.54, 1.807) is 38.1 Å². The maximum absolute atomic E-state index is 11.6. The van der Waals surface area contributed by atoms with Crippen molar-refractivity contribution in [2.24, 2.45) is 10.9 Å². The number of nitrogens with one attached hydrogen (secondary N) is 2. The van der Waals surface area contributed by atoms with Crippen molar-refractivity contribution in [2.45, 2.75) is 26.4 Å². The Morgan fingerprint density at radius 1 is 1.47 bits per heavy atom. The first kappa shape index (κ1) is 15.4. The Kier molecular flexibility index (Phi) is 5.28. The Morgan fingerprint density at radius 2 is 2.16 bits per heavy atom. The minimum absolute atomic E-state index is 0.0231. The SMILES string of the molecule is CC(C)NS(=O)(=O)NCc1cccc(/C(N)=N/O)c1. The lowest BCUT2D eigenvalue weighted by Gasteiger charge is -2.11. The maximum atomic E-state index is 11.6. The van der Waals surface area contributed by atoms with Crippen molar-refractivity contribution >= 4 is 16.0 Å². The maximum Gasteiger partial charge on any atom is 0.277 e. The molecular weight excluding hydrogens is 268 g/mol. The highest BCUT2D eigenvalue weighted by atomic mass is 32.2. The van der Waals surface area contributed by atoms with Crippen molar-refractivity contribution in [2.75, 3.05) is 0 Å². The van der Waals surface area contributed by atoms with Gasteiger partial charge in [0.15, 0.2) is 5.84 Å². The van der Waals surface area contributed by atoms with Crippen LogP contribution in [0.4, 0.5) is 0 Å². The second-order valence-electron chi connectivity index (χ2n) is 4.28. The highest BCUT2D eigenvalue weighted by molar-refractivity contribution is 7.87. The summed E-state index contributed by atoms with van der Waals surface area (Å²) < 4.78 is 28.0. The van der Waals surface area contributed by atoms with Crippen LogP contribution in [0.15, 0.2) is 29.4 Å². The van der Waals surface area contributed by atoms with E-state index in [0.717, 1.165) is 0 Å². The van der Waals surface area contributed by atoms with Crippen LogP contribution in [-0.2, 0) is 16.8 Å². The van der Waals surface area contributed by atoms with Gasteiger partial charge >= 0.3 is 0 Å². The Bertz CT molecular complexity index is 555. The summed E-state index contributed by atoms with van der Waals surface area (Å²) in [5.74, 6) is -0.0231. The standard InChI is InChI=1S/C11H18N4O3S/c1-8(2)15-19(17,18)13-7-9-4-3-5-10(6-9)11(12)14-16/h3-6,8,13,15-16H,7H2,1-2H3,(H2,12,14). The van der Waals surface area contributed by atoms with Gasteiger partial charge in [-0.2, -0.15) is 17.9 Å². The fourth-order valence-corrected chi connectivity index (χ4v) is 2.49. The van der Waals surface area contributed by atoms with Crippen molar-refractivity contribution < 1.29 is 13.6 Å². The van der Waals surface area contributed by atoms with E-state index in [0.29, 0.717) is 11.1 Å². The van der Waals surface area contributed by atoms with Gasteiger partial charge in [-0.15, -0.1) is 0 Å². The fourth-order valence-electron chi connectivity index (χ4n) is 1.43. The van der Waals surface area contributed by atoms with Crippen LogP contribution in [-0.4, -0.2) is 25.5 Å². The van der Waals surface area contributed by atoms with E-state index >= 15 is 0 Å². The number of hydrogen-bond donors (Lipinski definition) is 4. The van der Waals surface area contributed by atoms with Gasteiger partial charge in [0.05, 0.1) is 0 Å². The molecule has 19 heavy (non-hydrogen) atoms. The van der Waals surface area contributed by atoms with Crippen LogP contribution < -0.4 is 15.2 Å². The van der Waals surface area contributed by atoms with E-state index in [9.17, 15) is 8.42 Å². The Labute approximate surface area is 112 Å². The highest BCUT2D eigenvalue weighted by Crippen LogP contribution is 2.05. The third-order valence-corrected chi connectivity index (χ3v) is 3.49. The summed E-state index contributed by atoms with van der Waals surface area (Å²) in [5.41, 5.74) is 6.69. The van der Waals surface area contributed by atoms with Crippen LogP contribution in [0.5, 0.6) is 0 Å². The first-order valence-electron chi connectivity index (χ1n) is 5.68. The molecule has 1 aromatic rings. The molecule has 0 aromatic heterocycles. The second kappa shape index (κ2) is 6.50. The lowest BCUT2D eigenvalue weighted by molar-refractivity contribution is 0.318. The number of hydrogen-bond acceptors (Lipinski definition) is 4. The minimum Gasteiger partial charge on any atom is -0.409 e. The van der Waals surface area contributed by atoms with E-state index < -0.39 is 10.2 Å². The van der Waals surface area contributed by atoms with E-state index in [2.05, 4.69) is 14.6 Å². The molecule has 0 radical (unpaired) electrons. The van der Waals surface area contributed by atoms with Gasteiger partial charge in [0, 0.05) is 18.2 Å². The normalized spacial score (nSPS) is 12.9. The number of nitrogens with two attached hydrogens (primary N) is 1. The Morgan fingerprint density at radius 3 is 2.74 bits per heavy atom. The molecule has 0 spiro atoms. The zero-order chi connectivity index (χ0) is 14.5. The molecule has 0 aliphatic heterocycles. The average Bonchev–Trinajstić information content (AvgIpc) is 2.34. The van der Waals surface area contributed by atoms with Crippen molar-refractivity contribution in [1.82, 2.24) is 9.44 Å². The predicted octanol–water partition coefficient (Wildman–Crippen LogP) is 0.114. The number of amidine groups is 1. The number of oxime groups is 1. The topological polar surface area (TPSA) is 117 Å². The average molecular weight is 286 g/mol. The summed E-state index contributed by atoms with van der Waals surface area (Å²) in [6.45, 7) is 3.59. The molecule has 0 saturated carbocycles. The molecule has 0 heterocycles. The first-order valence-corrected chi connectivity index (χ1v) is 7.16. The van der Waals surface area contributed by atoms with Gasteiger partial charge in [-0.05, 0) is 25.5 Å². The molecule has 0 atom stereocenters. The summed E-state index contributed by atoms with van der Waals surface area (Å²) in [4.78, 5) is 0. The molecule has 0 unspecified atom stereocenters. The smallest absolute Gasteiger partial charge is 0.277 e. The third-order valence-electron chi connectivity index (χ3n) is 2.19. The van der Waals surface area contributed by atoms with Crippen LogP contribution in [0.2, 0.25) is 0 Å². The Balaban J connectivity index is 2.74. The van der Waals surface area contributed by atoms with Gasteiger partial charge in [0.2, 0.25) is 0 Å². The molecule has 5 N–H and O–H groups in total. The van der Waals surface area contributed by atoms with Gasteiger partial charge < -0.3 is 10.9 Å². The molecule has 0 amide bonds. The monoisotopic (exact) mass is 286 g/mol. The minimum atomic E-state index is -3.53. The molecule has 0 saturated heterocycles. The Hall–Kier alpha value is -1.64. The molecule has 0 aliphatic carbocycles. The van der Waals surface area contributed by atoms with E-state index in [4.69, 9.17) is 10.9 Å². The fraction of sp³-hybridized carbons (Fsp3) is 0.364. The van der Waals surface area contributed by atoms with Crippen LogP contribution in [0.1, 0.15) is 25.0 Å². The van der Waals surface area contributed by atoms with Gasteiger partial charge in [-0.25, -0.2) is 0 Å². The lowest BCUT2D eigenvalue weighted by Crippen LogP contribution is -2.39. The van der Waals surface area contributed by atoms with Gasteiger partial charge in [0.1, 0.15) is 0 Å². The first-order chi connectivity index (χ1) is 8.84.